The smallest absolute Gasteiger partial charge is 0.142 e. The van der Waals surface area contributed by atoms with Crippen molar-refractivity contribution in [2.45, 2.75) is 13.0 Å². The number of thiophene rings is 1. The molecule has 0 fully saturated rings. The summed E-state index contributed by atoms with van der Waals surface area (Å²) in [5, 5.41) is 11.6. The van der Waals surface area contributed by atoms with Gasteiger partial charge in [-0.2, -0.15) is 0 Å². The zero-order valence-corrected chi connectivity index (χ0v) is 13.1. The zero-order chi connectivity index (χ0) is 16.2. The Morgan fingerprint density at radius 1 is 1.26 bits per heavy atom. The van der Waals surface area contributed by atoms with E-state index >= 15 is 0 Å². The molecule has 3 aromatic rings. The Bertz CT molecular complexity index is 771. The summed E-state index contributed by atoms with van der Waals surface area (Å²) in [6.45, 7) is 0.501. The standard InChI is InChI=1S/C17H16F2N2OS/c18-13-3-4-16(19)15(9-13)17-20-5-6-21(17)10-12(11-22)8-14-2-1-7-23-14/h1-7,9,12,22H,8,10-11H2. The maximum atomic E-state index is 14.0. The third-order valence-corrected chi connectivity index (χ3v) is 4.57. The van der Waals surface area contributed by atoms with Gasteiger partial charge in [0, 0.05) is 36.3 Å². The Balaban J connectivity index is 1.84. The van der Waals surface area contributed by atoms with Crippen LogP contribution in [-0.2, 0) is 13.0 Å². The number of nitrogens with zero attached hydrogens (tertiary/aromatic N) is 2. The topological polar surface area (TPSA) is 38.0 Å². The Morgan fingerprint density at radius 2 is 2.13 bits per heavy atom. The molecule has 1 aromatic carbocycles. The van der Waals surface area contributed by atoms with Gasteiger partial charge in [0.05, 0.1) is 5.56 Å². The first-order valence-corrected chi connectivity index (χ1v) is 8.15. The summed E-state index contributed by atoms with van der Waals surface area (Å²) in [5.41, 5.74) is 0.128. The fourth-order valence-electron chi connectivity index (χ4n) is 2.55. The van der Waals surface area contributed by atoms with E-state index in [1.807, 2.05) is 17.5 Å². The summed E-state index contributed by atoms with van der Waals surface area (Å²) in [6, 6.07) is 7.31. The normalized spacial score (nSPS) is 12.5. The number of aliphatic hydroxyl groups is 1. The summed E-state index contributed by atoms with van der Waals surface area (Å²) in [6.07, 6.45) is 4.01. The maximum Gasteiger partial charge on any atom is 0.142 e. The summed E-state index contributed by atoms with van der Waals surface area (Å²) < 4.78 is 29.1. The van der Waals surface area contributed by atoms with E-state index in [0.717, 1.165) is 24.6 Å². The second kappa shape index (κ2) is 7.02. The van der Waals surface area contributed by atoms with E-state index in [1.165, 1.54) is 4.88 Å². The average Bonchev–Trinajstić information content (AvgIpc) is 3.21. The highest BCUT2D eigenvalue weighted by Crippen LogP contribution is 2.24. The molecule has 0 aliphatic carbocycles. The Labute approximate surface area is 136 Å². The number of halogens is 2. The lowest BCUT2D eigenvalue weighted by molar-refractivity contribution is 0.211. The predicted molar refractivity (Wildman–Crippen MR) is 86.2 cm³/mol. The Hall–Kier alpha value is -2.05. The van der Waals surface area contributed by atoms with Crippen molar-refractivity contribution in [2.24, 2.45) is 5.92 Å². The van der Waals surface area contributed by atoms with Crippen LogP contribution in [0.4, 0.5) is 8.78 Å². The monoisotopic (exact) mass is 334 g/mol. The third-order valence-electron chi connectivity index (χ3n) is 3.67. The molecule has 0 saturated heterocycles. The number of imidazole rings is 1. The largest absolute Gasteiger partial charge is 0.396 e. The molecule has 0 aliphatic rings. The van der Waals surface area contributed by atoms with Gasteiger partial charge in [0.1, 0.15) is 17.5 Å². The van der Waals surface area contributed by atoms with Gasteiger partial charge in [-0.15, -0.1) is 11.3 Å². The van der Waals surface area contributed by atoms with Crippen LogP contribution in [0.1, 0.15) is 4.88 Å². The van der Waals surface area contributed by atoms with Gasteiger partial charge in [-0.25, -0.2) is 13.8 Å². The van der Waals surface area contributed by atoms with Crippen molar-refractivity contribution >= 4 is 11.3 Å². The second-order valence-electron chi connectivity index (χ2n) is 5.36. The van der Waals surface area contributed by atoms with Gasteiger partial charge in [0.15, 0.2) is 0 Å². The van der Waals surface area contributed by atoms with Crippen LogP contribution >= 0.6 is 11.3 Å². The van der Waals surface area contributed by atoms with Crippen LogP contribution in [0.25, 0.3) is 11.4 Å². The number of aliphatic hydroxyl groups excluding tert-OH is 1. The highest BCUT2D eigenvalue weighted by Gasteiger charge is 2.16. The number of hydrogen-bond acceptors (Lipinski definition) is 3. The lowest BCUT2D eigenvalue weighted by Crippen LogP contribution is -2.17. The molecule has 2 aromatic heterocycles. The quantitative estimate of drug-likeness (QED) is 0.746. The van der Waals surface area contributed by atoms with Crippen LogP contribution in [0.5, 0.6) is 0 Å². The first-order chi connectivity index (χ1) is 11.2. The van der Waals surface area contributed by atoms with E-state index < -0.39 is 11.6 Å². The molecule has 3 rings (SSSR count). The van der Waals surface area contributed by atoms with Crippen molar-refractivity contribution in [3.8, 4) is 11.4 Å². The molecule has 0 radical (unpaired) electrons. The number of benzene rings is 1. The molecular weight excluding hydrogens is 318 g/mol. The maximum absolute atomic E-state index is 14.0. The lowest BCUT2D eigenvalue weighted by Gasteiger charge is -2.16. The van der Waals surface area contributed by atoms with Crippen LogP contribution in [-0.4, -0.2) is 21.3 Å². The highest BCUT2D eigenvalue weighted by molar-refractivity contribution is 7.09. The van der Waals surface area contributed by atoms with Crippen molar-refractivity contribution in [2.75, 3.05) is 6.61 Å². The van der Waals surface area contributed by atoms with Crippen LogP contribution < -0.4 is 0 Å². The molecule has 1 unspecified atom stereocenters. The lowest BCUT2D eigenvalue weighted by atomic mass is 10.1. The van der Waals surface area contributed by atoms with E-state index in [4.69, 9.17) is 0 Å². The summed E-state index contributed by atoms with van der Waals surface area (Å²) in [4.78, 5) is 5.33. The molecule has 2 heterocycles. The van der Waals surface area contributed by atoms with Crippen LogP contribution in [0.15, 0.2) is 48.1 Å². The van der Waals surface area contributed by atoms with Gasteiger partial charge in [0.25, 0.3) is 0 Å². The van der Waals surface area contributed by atoms with Crippen LogP contribution in [0.3, 0.4) is 0 Å². The first-order valence-electron chi connectivity index (χ1n) is 7.27. The highest BCUT2D eigenvalue weighted by atomic mass is 32.1. The van der Waals surface area contributed by atoms with Gasteiger partial charge < -0.3 is 9.67 Å². The van der Waals surface area contributed by atoms with E-state index in [2.05, 4.69) is 4.98 Å². The first kappa shape index (κ1) is 15.8. The molecule has 0 aliphatic heterocycles. The minimum Gasteiger partial charge on any atom is -0.396 e. The zero-order valence-electron chi connectivity index (χ0n) is 12.3. The minimum atomic E-state index is -0.516. The molecule has 120 valence electrons. The molecule has 0 spiro atoms. The van der Waals surface area contributed by atoms with E-state index in [0.29, 0.717) is 12.4 Å². The summed E-state index contributed by atoms with van der Waals surface area (Å²) in [7, 11) is 0. The van der Waals surface area contributed by atoms with Crippen molar-refractivity contribution in [1.82, 2.24) is 9.55 Å². The molecule has 0 bridgehead atoms. The molecular formula is C17H16F2N2OS. The SMILES string of the molecule is OCC(Cc1cccs1)Cn1ccnc1-c1cc(F)ccc1F. The van der Waals surface area contributed by atoms with Crippen molar-refractivity contribution in [1.29, 1.82) is 0 Å². The molecule has 0 saturated carbocycles. The molecule has 3 nitrogen and oxygen atoms in total. The minimum absolute atomic E-state index is 0.0150. The van der Waals surface area contributed by atoms with E-state index in [9.17, 15) is 13.9 Å². The fraction of sp³-hybridized carbons (Fsp3) is 0.235. The van der Waals surface area contributed by atoms with E-state index in [-0.39, 0.29) is 18.1 Å². The van der Waals surface area contributed by atoms with Gasteiger partial charge in [-0.05, 0) is 36.1 Å². The second-order valence-corrected chi connectivity index (χ2v) is 6.39. The molecule has 0 amide bonds. The van der Waals surface area contributed by atoms with Gasteiger partial charge in [0.2, 0.25) is 0 Å². The van der Waals surface area contributed by atoms with Crippen molar-refractivity contribution < 1.29 is 13.9 Å². The van der Waals surface area contributed by atoms with Crippen molar-refractivity contribution in [3.05, 3.63) is 64.6 Å². The predicted octanol–water partition coefficient (Wildman–Crippen LogP) is 3.74. The van der Waals surface area contributed by atoms with Gasteiger partial charge in [-0.1, -0.05) is 6.07 Å². The number of aromatic nitrogens is 2. The molecule has 1 N–H and O–H groups in total. The summed E-state index contributed by atoms with van der Waals surface area (Å²) >= 11 is 1.64. The van der Waals surface area contributed by atoms with Crippen LogP contribution in [0.2, 0.25) is 0 Å². The van der Waals surface area contributed by atoms with Gasteiger partial charge in [-0.3, -0.25) is 0 Å². The molecule has 6 heteroatoms. The van der Waals surface area contributed by atoms with Crippen molar-refractivity contribution in [3.63, 3.8) is 0 Å². The number of rotatable bonds is 6. The van der Waals surface area contributed by atoms with E-state index in [1.54, 1.807) is 28.3 Å². The summed E-state index contributed by atoms with van der Waals surface area (Å²) in [5.74, 6) is -0.671. The van der Waals surface area contributed by atoms with Gasteiger partial charge >= 0.3 is 0 Å². The number of hydrogen-bond donors (Lipinski definition) is 1. The Morgan fingerprint density at radius 3 is 2.87 bits per heavy atom. The van der Waals surface area contributed by atoms with Crippen LogP contribution in [0, 0.1) is 17.6 Å². The fourth-order valence-corrected chi connectivity index (χ4v) is 3.37. The molecule has 23 heavy (non-hydrogen) atoms. The average molecular weight is 334 g/mol. The third kappa shape index (κ3) is 3.65. The Kier molecular flexibility index (Phi) is 4.83. The molecule has 1 atom stereocenters.